The van der Waals surface area contributed by atoms with Crippen LogP contribution in [0.5, 0.6) is 5.88 Å². The molecule has 4 rings (SSSR count). The summed E-state index contributed by atoms with van der Waals surface area (Å²) in [6, 6.07) is 1.55. The summed E-state index contributed by atoms with van der Waals surface area (Å²) in [6.45, 7) is 4.36. The summed E-state index contributed by atoms with van der Waals surface area (Å²) in [5.41, 5.74) is 2.52. The van der Waals surface area contributed by atoms with Crippen LogP contribution in [0.15, 0.2) is 35.4 Å². The maximum Gasteiger partial charge on any atom is 0.254 e. The molecule has 0 spiro atoms. The van der Waals surface area contributed by atoms with Crippen molar-refractivity contribution in [1.82, 2.24) is 30.4 Å². The number of hydrogen-bond acceptors (Lipinski definition) is 8. The number of aromatic nitrogens is 5. The molecule has 1 aliphatic rings. The van der Waals surface area contributed by atoms with Crippen molar-refractivity contribution in [2.24, 2.45) is 5.41 Å². The third kappa shape index (κ3) is 4.45. The second-order valence-corrected chi connectivity index (χ2v) is 8.19. The van der Waals surface area contributed by atoms with Crippen molar-refractivity contribution >= 4 is 5.91 Å². The van der Waals surface area contributed by atoms with Gasteiger partial charge < -0.3 is 14.6 Å². The Kier molecular flexibility index (Phi) is 5.43. The molecule has 0 bridgehead atoms. The average molecular weight is 408 g/mol. The van der Waals surface area contributed by atoms with Crippen LogP contribution in [0.4, 0.5) is 0 Å². The monoisotopic (exact) mass is 408 g/mol. The minimum Gasteiger partial charge on any atom is -0.479 e. The summed E-state index contributed by atoms with van der Waals surface area (Å²) >= 11 is 0. The largest absolute Gasteiger partial charge is 0.479 e. The van der Waals surface area contributed by atoms with Gasteiger partial charge in [-0.2, -0.15) is 0 Å². The Bertz CT molecular complexity index is 1030. The third-order valence-corrected chi connectivity index (χ3v) is 5.15. The number of carbonyl (C=O) groups is 1. The first-order chi connectivity index (χ1) is 14.4. The van der Waals surface area contributed by atoms with E-state index in [1.54, 1.807) is 30.9 Å². The Labute approximate surface area is 174 Å². The minimum atomic E-state index is -0.142. The predicted molar refractivity (Wildman–Crippen MR) is 107 cm³/mol. The molecule has 3 aromatic rings. The molecule has 3 heterocycles. The Balaban J connectivity index is 1.49. The van der Waals surface area contributed by atoms with E-state index in [1.165, 1.54) is 7.11 Å². The predicted octanol–water partition coefficient (Wildman–Crippen LogP) is 2.69. The lowest BCUT2D eigenvalue weighted by Crippen LogP contribution is -2.37. The second kappa shape index (κ2) is 8.17. The van der Waals surface area contributed by atoms with E-state index in [9.17, 15) is 4.79 Å². The van der Waals surface area contributed by atoms with Crippen LogP contribution in [-0.4, -0.2) is 38.1 Å². The van der Waals surface area contributed by atoms with E-state index in [-0.39, 0.29) is 17.4 Å². The molecular weight excluding hydrogens is 384 g/mol. The van der Waals surface area contributed by atoms with E-state index in [2.05, 4.69) is 39.3 Å². The molecular formula is C21H24N6O3. The number of hydrogen-bond donors (Lipinski definition) is 1. The van der Waals surface area contributed by atoms with E-state index in [0.29, 0.717) is 36.0 Å². The number of fused-ring (bicyclic) bond motifs is 1. The molecule has 3 aromatic heterocycles. The number of nitrogens with one attached hydrogen (secondary N) is 1. The van der Waals surface area contributed by atoms with Crippen molar-refractivity contribution in [3.8, 4) is 17.4 Å². The summed E-state index contributed by atoms with van der Waals surface area (Å²) in [5.74, 6) is 1.51. The summed E-state index contributed by atoms with van der Waals surface area (Å²) in [5, 5.41) is 6.90. The zero-order valence-electron chi connectivity index (χ0n) is 17.3. The Morgan fingerprint density at radius 2 is 2.17 bits per heavy atom. The van der Waals surface area contributed by atoms with Crippen LogP contribution in [0, 0.1) is 5.41 Å². The summed E-state index contributed by atoms with van der Waals surface area (Å²) in [6.07, 6.45) is 9.05. The van der Waals surface area contributed by atoms with Crippen molar-refractivity contribution in [3.05, 3.63) is 47.9 Å². The van der Waals surface area contributed by atoms with Crippen molar-refractivity contribution in [3.63, 3.8) is 0 Å². The Morgan fingerprint density at radius 1 is 1.30 bits per heavy atom. The molecule has 1 amide bonds. The molecule has 0 fully saturated rings. The molecule has 0 aromatic carbocycles. The fourth-order valence-corrected chi connectivity index (χ4v) is 3.73. The van der Waals surface area contributed by atoms with E-state index in [1.807, 2.05) is 0 Å². The lowest BCUT2D eigenvalue weighted by molar-refractivity contribution is -0.122. The first-order valence-electron chi connectivity index (χ1n) is 9.85. The molecule has 1 aliphatic carbocycles. The van der Waals surface area contributed by atoms with E-state index >= 15 is 0 Å². The standard InChI is InChI=1S/C21H24N6O3/c1-21(2)9-15(25-18(28)5-4-13-8-19(29-3)27-30-13)14-11-24-20(26-16(14)10-21)17-12-22-6-7-23-17/h6-8,11-12,15H,4-5,9-10H2,1-3H3,(H,25,28). The van der Waals surface area contributed by atoms with Gasteiger partial charge in [0.15, 0.2) is 5.82 Å². The van der Waals surface area contributed by atoms with Crippen LogP contribution < -0.4 is 10.1 Å². The van der Waals surface area contributed by atoms with Gasteiger partial charge in [-0.1, -0.05) is 13.8 Å². The highest BCUT2D eigenvalue weighted by Gasteiger charge is 2.34. The number of nitrogens with zero attached hydrogens (tertiary/aromatic N) is 5. The number of ether oxygens (including phenoxy) is 1. The van der Waals surface area contributed by atoms with Gasteiger partial charge in [-0.15, -0.1) is 0 Å². The molecule has 0 saturated heterocycles. The number of methoxy groups -OCH3 is 1. The quantitative estimate of drug-likeness (QED) is 0.662. The summed E-state index contributed by atoms with van der Waals surface area (Å²) in [7, 11) is 1.52. The maximum atomic E-state index is 12.6. The molecule has 1 atom stereocenters. The molecule has 9 nitrogen and oxygen atoms in total. The van der Waals surface area contributed by atoms with E-state index in [4.69, 9.17) is 14.2 Å². The molecule has 0 aliphatic heterocycles. The van der Waals surface area contributed by atoms with Crippen LogP contribution in [0.2, 0.25) is 0 Å². The molecule has 9 heteroatoms. The van der Waals surface area contributed by atoms with Gasteiger partial charge >= 0.3 is 0 Å². The van der Waals surface area contributed by atoms with Crippen molar-refractivity contribution < 1.29 is 14.1 Å². The zero-order chi connectivity index (χ0) is 21.1. The molecule has 30 heavy (non-hydrogen) atoms. The van der Waals surface area contributed by atoms with Gasteiger partial charge in [-0.25, -0.2) is 15.0 Å². The van der Waals surface area contributed by atoms with Gasteiger partial charge in [-0.3, -0.25) is 9.78 Å². The first-order valence-corrected chi connectivity index (χ1v) is 9.85. The fourth-order valence-electron chi connectivity index (χ4n) is 3.73. The smallest absolute Gasteiger partial charge is 0.254 e. The minimum absolute atomic E-state index is 0.00274. The molecule has 1 N–H and O–H groups in total. The summed E-state index contributed by atoms with van der Waals surface area (Å²) in [4.78, 5) is 30.2. The van der Waals surface area contributed by atoms with Crippen molar-refractivity contribution in [2.45, 2.75) is 45.6 Å². The number of carbonyl (C=O) groups excluding carboxylic acids is 1. The van der Waals surface area contributed by atoms with Crippen molar-refractivity contribution in [1.29, 1.82) is 0 Å². The highest BCUT2D eigenvalue weighted by atomic mass is 16.5. The number of rotatable bonds is 6. The van der Waals surface area contributed by atoms with Gasteiger partial charge in [0.1, 0.15) is 11.5 Å². The zero-order valence-corrected chi connectivity index (χ0v) is 17.3. The van der Waals surface area contributed by atoms with Crippen LogP contribution in [0.3, 0.4) is 0 Å². The maximum absolute atomic E-state index is 12.6. The SMILES string of the molecule is COc1cc(CCC(=O)NC2CC(C)(C)Cc3nc(-c4cnccn4)ncc32)on1. The van der Waals surface area contributed by atoms with Gasteiger partial charge in [-0.05, 0) is 23.4 Å². The second-order valence-electron chi connectivity index (χ2n) is 8.19. The van der Waals surface area contributed by atoms with E-state index < -0.39 is 0 Å². The highest BCUT2D eigenvalue weighted by molar-refractivity contribution is 5.76. The fraction of sp³-hybridized carbons (Fsp3) is 0.429. The van der Waals surface area contributed by atoms with E-state index in [0.717, 1.165) is 24.1 Å². The normalized spacial score (nSPS) is 17.2. The van der Waals surface area contributed by atoms with Crippen LogP contribution >= 0.6 is 0 Å². The summed E-state index contributed by atoms with van der Waals surface area (Å²) < 4.78 is 10.2. The molecule has 0 saturated carbocycles. The Hall–Kier alpha value is -3.36. The lowest BCUT2D eigenvalue weighted by Gasteiger charge is -2.36. The average Bonchev–Trinajstić information content (AvgIpc) is 3.20. The number of aryl methyl sites for hydroxylation is 1. The van der Waals surface area contributed by atoms with Gasteiger partial charge in [0.25, 0.3) is 5.88 Å². The first kappa shape index (κ1) is 19.9. The third-order valence-electron chi connectivity index (χ3n) is 5.15. The highest BCUT2D eigenvalue weighted by Crippen LogP contribution is 2.40. The molecule has 0 radical (unpaired) electrons. The van der Waals surface area contributed by atoms with Gasteiger partial charge in [0.2, 0.25) is 5.91 Å². The number of amides is 1. The molecule has 1 unspecified atom stereocenters. The van der Waals surface area contributed by atoms with Gasteiger partial charge in [0.05, 0.1) is 25.0 Å². The van der Waals surface area contributed by atoms with Crippen LogP contribution in [0.1, 0.15) is 49.7 Å². The van der Waals surface area contributed by atoms with Gasteiger partial charge in [0, 0.05) is 43.1 Å². The Morgan fingerprint density at radius 3 is 2.90 bits per heavy atom. The topological polar surface area (TPSA) is 116 Å². The molecule has 156 valence electrons. The van der Waals surface area contributed by atoms with Crippen LogP contribution in [-0.2, 0) is 17.6 Å². The van der Waals surface area contributed by atoms with Crippen molar-refractivity contribution in [2.75, 3.05) is 7.11 Å². The van der Waals surface area contributed by atoms with Crippen LogP contribution in [0.25, 0.3) is 11.5 Å². The lowest BCUT2D eigenvalue weighted by atomic mass is 9.74.